The highest BCUT2D eigenvalue weighted by Crippen LogP contribution is 2.31. The van der Waals surface area contributed by atoms with Crippen molar-refractivity contribution in [1.29, 1.82) is 0 Å². The van der Waals surface area contributed by atoms with Gasteiger partial charge < -0.3 is 9.47 Å². The number of nitrogens with zero attached hydrogens (tertiary/aromatic N) is 5. The van der Waals surface area contributed by atoms with Crippen molar-refractivity contribution in [3.8, 4) is 34.1 Å². The Bertz CT molecular complexity index is 1620. The molecular formula is C24H20N6O4S. The number of sulfonamides is 1. The average molecular weight is 489 g/mol. The Kier molecular flexibility index (Phi) is 5.75. The van der Waals surface area contributed by atoms with Crippen LogP contribution in [0.2, 0.25) is 0 Å². The van der Waals surface area contributed by atoms with Crippen LogP contribution < -0.4 is 14.2 Å². The molecule has 0 bridgehead atoms. The highest BCUT2D eigenvalue weighted by molar-refractivity contribution is 7.92. The Morgan fingerprint density at radius 2 is 1.63 bits per heavy atom. The molecule has 2 aromatic carbocycles. The second-order valence-electron chi connectivity index (χ2n) is 7.45. The molecule has 10 nitrogen and oxygen atoms in total. The maximum Gasteiger partial charge on any atom is 0.262 e. The minimum Gasteiger partial charge on any atom is -0.493 e. The van der Waals surface area contributed by atoms with E-state index in [-0.39, 0.29) is 4.90 Å². The van der Waals surface area contributed by atoms with Crippen molar-refractivity contribution in [2.45, 2.75) is 4.90 Å². The minimum atomic E-state index is -3.88. The zero-order valence-electron chi connectivity index (χ0n) is 18.8. The molecule has 0 radical (unpaired) electrons. The Balaban J connectivity index is 1.47. The van der Waals surface area contributed by atoms with Crippen LogP contribution in [0.15, 0.2) is 84.0 Å². The number of aromatic nitrogens is 5. The van der Waals surface area contributed by atoms with Crippen LogP contribution in [0.5, 0.6) is 11.5 Å². The summed E-state index contributed by atoms with van der Waals surface area (Å²) < 4.78 is 40.7. The standard InChI is InChI=1S/C24H20N6O4S/c1-33-21-8-6-19(15-22(21)34-2)35(31,32)29-18-5-3-4-17(14-18)20-7-9-23-26-27-24(30(23)28-20)16-10-12-25-13-11-16/h3-15,29H,1-2H3. The molecule has 0 saturated carbocycles. The van der Waals surface area contributed by atoms with E-state index in [2.05, 4.69) is 25.0 Å². The number of ether oxygens (including phenoxy) is 2. The van der Waals surface area contributed by atoms with E-state index in [1.54, 1.807) is 47.2 Å². The zero-order chi connectivity index (χ0) is 24.4. The number of hydrogen-bond donors (Lipinski definition) is 1. The Morgan fingerprint density at radius 1 is 0.829 bits per heavy atom. The van der Waals surface area contributed by atoms with Crippen LogP contribution in [0.25, 0.3) is 28.3 Å². The molecule has 0 amide bonds. The monoisotopic (exact) mass is 488 g/mol. The Morgan fingerprint density at radius 3 is 2.40 bits per heavy atom. The molecule has 0 fully saturated rings. The van der Waals surface area contributed by atoms with Crippen molar-refractivity contribution in [1.82, 2.24) is 24.8 Å². The molecule has 3 aromatic heterocycles. The number of anilines is 1. The topological polar surface area (TPSA) is 121 Å². The summed E-state index contributed by atoms with van der Waals surface area (Å²) >= 11 is 0. The van der Waals surface area contributed by atoms with E-state index in [1.807, 2.05) is 24.3 Å². The first kappa shape index (κ1) is 22.3. The first-order valence-electron chi connectivity index (χ1n) is 10.5. The van der Waals surface area contributed by atoms with Crippen LogP contribution in [-0.2, 0) is 10.0 Å². The molecule has 0 aliphatic heterocycles. The quantitative estimate of drug-likeness (QED) is 0.368. The van der Waals surface area contributed by atoms with Crippen molar-refractivity contribution in [2.75, 3.05) is 18.9 Å². The first-order valence-corrected chi connectivity index (χ1v) is 11.9. The van der Waals surface area contributed by atoms with Gasteiger partial charge in [-0.05, 0) is 48.5 Å². The van der Waals surface area contributed by atoms with Crippen molar-refractivity contribution in [3.05, 3.63) is 79.1 Å². The molecule has 0 aliphatic rings. The summed E-state index contributed by atoms with van der Waals surface area (Å²) in [5, 5.41) is 13.1. The van der Waals surface area contributed by atoms with Gasteiger partial charge in [0.2, 0.25) is 0 Å². The van der Waals surface area contributed by atoms with Gasteiger partial charge in [-0.1, -0.05) is 12.1 Å². The maximum absolute atomic E-state index is 13.0. The Labute approximate surface area is 201 Å². The third-order valence-corrected chi connectivity index (χ3v) is 6.66. The SMILES string of the molecule is COc1ccc(S(=O)(=O)Nc2cccc(-c3ccc4nnc(-c5ccncc5)n4n3)c2)cc1OC. The van der Waals surface area contributed by atoms with Gasteiger partial charge in [-0.3, -0.25) is 9.71 Å². The number of hydrogen-bond acceptors (Lipinski definition) is 8. The molecule has 11 heteroatoms. The minimum absolute atomic E-state index is 0.0478. The number of pyridine rings is 1. The summed E-state index contributed by atoms with van der Waals surface area (Å²) in [4.78, 5) is 4.08. The van der Waals surface area contributed by atoms with Gasteiger partial charge in [-0.25, -0.2) is 8.42 Å². The number of benzene rings is 2. The van der Waals surface area contributed by atoms with E-state index in [4.69, 9.17) is 9.47 Å². The summed E-state index contributed by atoms with van der Waals surface area (Å²) in [5.74, 6) is 1.34. The van der Waals surface area contributed by atoms with Crippen LogP contribution >= 0.6 is 0 Å². The molecule has 176 valence electrons. The smallest absolute Gasteiger partial charge is 0.262 e. The van der Waals surface area contributed by atoms with Gasteiger partial charge in [-0.2, -0.15) is 9.61 Å². The molecule has 1 N–H and O–H groups in total. The van der Waals surface area contributed by atoms with Crippen LogP contribution in [0.1, 0.15) is 0 Å². The zero-order valence-corrected chi connectivity index (χ0v) is 19.6. The Hall–Kier alpha value is -4.51. The molecule has 0 aliphatic carbocycles. The van der Waals surface area contributed by atoms with Gasteiger partial charge in [0.25, 0.3) is 10.0 Å². The van der Waals surface area contributed by atoms with Crippen molar-refractivity contribution in [2.24, 2.45) is 0 Å². The maximum atomic E-state index is 13.0. The van der Waals surface area contributed by atoms with Crippen molar-refractivity contribution in [3.63, 3.8) is 0 Å². The first-order chi connectivity index (χ1) is 17.0. The van der Waals surface area contributed by atoms with Gasteiger partial charge in [0.05, 0.1) is 24.8 Å². The van der Waals surface area contributed by atoms with E-state index in [1.165, 1.54) is 26.4 Å². The lowest BCUT2D eigenvalue weighted by Gasteiger charge is -2.12. The van der Waals surface area contributed by atoms with E-state index in [9.17, 15) is 8.42 Å². The molecule has 5 rings (SSSR count). The summed E-state index contributed by atoms with van der Waals surface area (Å²) in [6.45, 7) is 0. The van der Waals surface area contributed by atoms with Gasteiger partial charge in [0, 0.05) is 35.3 Å². The fourth-order valence-electron chi connectivity index (χ4n) is 3.56. The third kappa shape index (κ3) is 4.36. The number of rotatable bonds is 7. The fraction of sp³-hybridized carbons (Fsp3) is 0.0833. The highest BCUT2D eigenvalue weighted by Gasteiger charge is 2.18. The van der Waals surface area contributed by atoms with Gasteiger partial charge >= 0.3 is 0 Å². The lowest BCUT2D eigenvalue weighted by Crippen LogP contribution is -2.13. The lowest BCUT2D eigenvalue weighted by atomic mass is 10.1. The van der Waals surface area contributed by atoms with Crippen LogP contribution in [0.3, 0.4) is 0 Å². The molecule has 0 saturated heterocycles. The molecule has 3 heterocycles. The molecule has 5 aromatic rings. The van der Waals surface area contributed by atoms with Gasteiger partial charge in [-0.15, -0.1) is 10.2 Å². The highest BCUT2D eigenvalue weighted by atomic mass is 32.2. The van der Waals surface area contributed by atoms with E-state index in [0.29, 0.717) is 39.9 Å². The van der Waals surface area contributed by atoms with E-state index in [0.717, 1.165) is 5.56 Å². The normalized spacial score (nSPS) is 11.4. The lowest BCUT2D eigenvalue weighted by molar-refractivity contribution is 0.354. The van der Waals surface area contributed by atoms with Crippen LogP contribution in [-0.4, -0.2) is 47.4 Å². The number of nitrogens with one attached hydrogen (secondary N) is 1. The summed E-state index contributed by atoms with van der Waals surface area (Å²) in [6, 6.07) is 18.7. The molecule has 35 heavy (non-hydrogen) atoms. The average Bonchev–Trinajstić information content (AvgIpc) is 3.32. The summed E-state index contributed by atoms with van der Waals surface area (Å²) in [7, 11) is -0.939. The predicted molar refractivity (Wildman–Crippen MR) is 130 cm³/mol. The molecular weight excluding hydrogens is 468 g/mol. The molecule has 0 spiro atoms. The third-order valence-electron chi connectivity index (χ3n) is 5.28. The van der Waals surface area contributed by atoms with E-state index >= 15 is 0 Å². The number of methoxy groups -OCH3 is 2. The second kappa shape index (κ2) is 9.03. The number of fused-ring (bicyclic) bond motifs is 1. The van der Waals surface area contributed by atoms with Gasteiger partial charge in [0.15, 0.2) is 23.0 Å². The van der Waals surface area contributed by atoms with Crippen LogP contribution in [0, 0.1) is 0 Å². The second-order valence-corrected chi connectivity index (χ2v) is 9.13. The van der Waals surface area contributed by atoms with Crippen LogP contribution in [0.4, 0.5) is 5.69 Å². The molecule has 0 unspecified atom stereocenters. The fourth-order valence-corrected chi connectivity index (χ4v) is 4.63. The van der Waals surface area contributed by atoms with Crippen molar-refractivity contribution < 1.29 is 17.9 Å². The molecule has 0 atom stereocenters. The summed E-state index contributed by atoms with van der Waals surface area (Å²) in [5.41, 5.74) is 3.14. The van der Waals surface area contributed by atoms with E-state index < -0.39 is 10.0 Å². The summed E-state index contributed by atoms with van der Waals surface area (Å²) in [6.07, 6.45) is 3.35. The largest absolute Gasteiger partial charge is 0.493 e. The van der Waals surface area contributed by atoms with Gasteiger partial charge in [0.1, 0.15) is 0 Å². The van der Waals surface area contributed by atoms with Crippen molar-refractivity contribution >= 4 is 21.4 Å². The predicted octanol–water partition coefficient (Wildman–Crippen LogP) is 3.67.